The van der Waals surface area contributed by atoms with Gasteiger partial charge in [0.1, 0.15) is 12.4 Å². The highest BCUT2D eigenvalue weighted by Crippen LogP contribution is 2.18. The molecule has 0 fully saturated rings. The van der Waals surface area contributed by atoms with Gasteiger partial charge in [-0.2, -0.15) is 0 Å². The van der Waals surface area contributed by atoms with Crippen LogP contribution < -0.4 is 14.8 Å². The van der Waals surface area contributed by atoms with Gasteiger partial charge in [-0.15, -0.1) is 0 Å². The molecule has 0 unspecified atom stereocenters. The van der Waals surface area contributed by atoms with E-state index in [-0.39, 0.29) is 17.9 Å². The van der Waals surface area contributed by atoms with Crippen LogP contribution in [0.25, 0.3) is 22.1 Å². The first-order valence-electron chi connectivity index (χ1n) is 9.46. The van der Waals surface area contributed by atoms with Crippen LogP contribution in [0.5, 0.6) is 5.75 Å². The Labute approximate surface area is 179 Å². The number of hydrogen-bond donors (Lipinski definition) is 0. The summed E-state index contributed by atoms with van der Waals surface area (Å²) in [6.45, 7) is 0.227. The molecule has 0 atom stereocenters. The Morgan fingerprint density at radius 3 is 2.68 bits per heavy atom. The van der Waals surface area contributed by atoms with Crippen molar-refractivity contribution in [3.05, 3.63) is 109 Å². The molecule has 7 nitrogen and oxygen atoms in total. The average Bonchev–Trinajstić information content (AvgIpc) is 3.29. The van der Waals surface area contributed by atoms with E-state index in [2.05, 4.69) is 4.98 Å². The first-order valence-corrected chi connectivity index (χ1v) is 10.3. The zero-order valence-electron chi connectivity index (χ0n) is 16.1. The molecule has 31 heavy (non-hydrogen) atoms. The van der Waals surface area contributed by atoms with E-state index in [1.165, 1.54) is 23.5 Å². The minimum Gasteiger partial charge on any atom is -0.489 e. The number of hydrogen-bond acceptors (Lipinski definition) is 6. The molecule has 0 aliphatic rings. The monoisotopic (exact) mass is 429 g/mol. The average molecular weight is 429 g/mol. The van der Waals surface area contributed by atoms with Crippen LogP contribution in [-0.2, 0) is 6.61 Å². The van der Waals surface area contributed by atoms with E-state index in [0.717, 1.165) is 22.2 Å². The summed E-state index contributed by atoms with van der Waals surface area (Å²) < 4.78 is 7.98. The number of non-ortho nitro benzene ring substituents is 1. The summed E-state index contributed by atoms with van der Waals surface area (Å²) in [5, 5.41) is 10.9. The second-order valence-electron chi connectivity index (χ2n) is 6.92. The summed E-state index contributed by atoms with van der Waals surface area (Å²) in [4.78, 5) is 28.5. The van der Waals surface area contributed by atoms with Gasteiger partial charge in [0.25, 0.3) is 11.2 Å². The molecule has 3 aromatic carbocycles. The number of imidazole rings is 1. The van der Waals surface area contributed by atoms with Gasteiger partial charge in [0.2, 0.25) is 0 Å². The highest BCUT2D eigenvalue weighted by Gasteiger charge is 2.10. The van der Waals surface area contributed by atoms with Gasteiger partial charge < -0.3 is 4.74 Å². The predicted molar refractivity (Wildman–Crippen MR) is 120 cm³/mol. The third-order valence-electron chi connectivity index (χ3n) is 4.85. The van der Waals surface area contributed by atoms with Crippen LogP contribution in [-0.4, -0.2) is 14.3 Å². The fourth-order valence-electron chi connectivity index (χ4n) is 3.35. The second-order valence-corrected chi connectivity index (χ2v) is 7.93. The van der Waals surface area contributed by atoms with Crippen molar-refractivity contribution in [2.24, 2.45) is 0 Å². The summed E-state index contributed by atoms with van der Waals surface area (Å²) in [6.07, 6.45) is 1.83. The highest BCUT2D eigenvalue weighted by atomic mass is 32.1. The Morgan fingerprint density at radius 2 is 1.87 bits per heavy atom. The molecule has 2 heterocycles. The summed E-state index contributed by atoms with van der Waals surface area (Å²) in [7, 11) is 0. The standard InChI is InChI=1S/C23H15N3O4S/c27-22-21(31-23-24-19-6-1-2-7-20(19)25(22)23)13-15-8-10-18(11-9-15)30-14-16-4-3-5-17(12-16)26(28)29/h1-13H,14H2/b21-13-. The Balaban J connectivity index is 1.37. The largest absolute Gasteiger partial charge is 0.489 e. The van der Waals surface area contributed by atoms with Crippen LogP contribution >= 0.6 is 11.3 Å². The van der Waals surface area contributed by atoms with Gasteiger partial charge >= 0.3 is 0 Å². The smallest absolute Gasteiger partial charge is 0.274 e. The summed E-state index contributed by atoms with van der Waals surface area (Å²) in [5.41, 5.74) is 3.16. The van der Waals surface area contributed by atoms with E-state index < -0.39 is 4.92 Å². The molecule has 0 aliphatic carbocycles. The lowest BCUT2D eigenvalue weighted by Gasteiger charge is -2.06. The number of aromatic nitrogens is 2. The molecule has 0 saturated carbocycles. The van der Waals surface area contributed by atoms with Crippen molar-refractivity contribution in [2.75, 3.05) is 0 Å². The zero-order chi connectivity index (χ0) is 21.4. The minimum absolute atomic E-state index is 0.0366. The van der Waals surface area contributed by atoms with Gasteiger partial charge in [-0.05, 0) is 41.5 Å². The van der Waals surface area contributed by atoms with Crippen LogP contribution in [0.15, 0.2) is 77.6 Å². The van der Waals surface area contributed by atoms with Crippen molar-refractivity contribution in [3.63, 3.8) is 0 Å². The number of thiazole rings is 1. The lowest BCUT2D eigenvalue weighted by molar-refractivity contribution is -0.384. The molecule has 0 spiro atoms. The number of fused-ring (bicyclic) bond motifs is 3. The first kappa shape index (κ1) is 19.0. The summed E-state index contributed by atoms with van der Waals surface area (Å²) >= 11 is 1.36. The number of rotatable bonds is 5. The second kappa shape index (κ2) is 7.66. The van der Waals surface area contributed by atoms with Crippen molar-refractivity contribution < 1.29 is 9.66 Å². The molecule has 2 aromatic heterocycles. The fraction of sp³-hybridized carbons (Fsp3) is 0.0435. The molecule has 0 amide bonds. The lowest BCUT2D eigenvalue weighted by atomic mass is 10.2. The topological polar surface area (TPSA) is 86.7 Å². The fourth-order valence-corrected chi connectivity index (χ4v) is 4.34. The van der Waals surface area contributed by atoms with E-state index >= 15 is 0 Å². The molecular formula is C23H15N3O4S. The molecular weight excluding hydrogens is 414 g/mol. The first-order chi connectivity index (χ1) is 15.1. The van der Waals surface area contributed by atoms with Gasteiger partial charge in [0.15, 0.2) is 4.96 Å². The molecule has 0 N–H and O–H groups in total. The van der Waals surface area contributed by atoms with E-state index in [1.54, 1.807) is 16.5 Å². The van der Waals surface area contributed by atoms with Crippen LogP contribution in [0.1, 0.15) is 11.1 Å². The van der Waals surface area contributed by atoms with Gasteiger partial charge in [0, 0.05) is 12.1 Å². The number of nitrogens with zero attached hydrogens (tertiary/aromatic N) is 3. The lowest BCUT2D eigenvalue weighted by Crippen LogP contribution is -2.22. The molecule has 0 saturated heterocycles. The maximum Gasteiger partial charge on any atom is 0.274 e. The molecule has 0 bridgehead atoms. The molecule has 152 valence electrons. The van der Waals surface area contributed by atoms with Gasteiger partial charge in [-0.3, -0.25) is 14.9 Å². The molecule has 0 aliphatic heterocycles. The number of nitro benzene ring substituents is 1. The Kier molecular flexibility index (Phi) is 4.68. The van der Waals surface area contributed by atoms with Crippen molar-refractivity contribution in [2.45, 2.75) is 6.61 Å². The van der Waals surface area contributed by atoms with Crippen LogP contribution in [0.4, 0.5) is 5.69 Å². The quantitative estimate of drug-likeness (QED) is 0.312. The minimum atomic E-state index is -0.428. The molecule has 5 aromatic rings. The number of ether oxygens (including phenoxy) is 1. The van der Waals surface area contributed by atoms with Crippen molar-refractivity contribution >= 4 is 39.1 Å². The van der Waals surface area contributed by atoms with Crippen LogP contribution in [0.2, 0.25) is 0 Å². The highest BCUT2D eigenvalue weighted by molar-refractivity contribution is 7.15. The predicted octanol–water partition coefficient (Wildman–Crippen LogP) is 3.94. The normalized spacial score (nSPS) is 11.9. The molecule has 0 radical (unpaired) electrons. The van der Waals surface area contributed by atoms with Crippen molar-refractivity contribution in [1.82, 2.24) is 9.38 Å². The summed E-state index contributed by atoms with van der Waals surface area (Å²) in [6, 6.07) is 21.3. The SMILES string of the molecule is O=c1/c(=C/c2ccc(OCc3cccc([N+](=O)[O-])c3)cc2)sc2nc3ccccc3n12. The zero-order valence-corrected chi connectivity index (χ0v) is 16.9. The third-order valence-corrected chi connectivity index (χ3v) is 5.82. The van der Waals surface area contributed by atoms with Gasteiger partial charge in [-0.25, -0.2) is 9.38 Å². The summed E-state index contributed by atoms with van der Waals surface area (Å²) in [5.74, 6) is 0.637. The van der Waals surface area contributed by atoms with Crippen molar-refractivity contribution in [3.8, 4) is 5.75 Å². The van der Waals surface area contributed by atoms with Gasteiger partial charge in [0.05, 0.1) is 20.5 Å². The third kappa shape index (κ3) is 3.64. The Bertz CT molecular complexity index is 1540. The maximum atomic E-state index is 12.8. The van der Waals surface area contributed by atoms with Crippen LogP contribution in [0.3, 0.4) is 0 Å². The van der Waals surface area contributed by atoms with Gasteiger partial charge in [-0.1, -0.05) is 47.7 Å². The van der Waals surface area contributed by atoms with E-state index in [4.69, 9.17) is 4.74 Å². The van der Waals surface area contributed by atoms with E-state index in [9.17, 15) is 14.9 Å². The Hall–Kier alpha value is -4.04. The van der Waals surface area contributed by atoms with E-state index in [1.807, 2.05) is 54.6 Å². The molecule has 8 heteroatoms. The van der Waals surface area contributed by atoms with Crippen LogP contribution in [0, 0.1) is 10.1 Å². The number of nitro groups is 1. The number of para-hydroxylation sites is 2. The maximum absolute atomic E-state index is 12.8. The Morgan fingerprint density at radius 1 is 1.06 bits per heavy atom. The molecule has 5 rings (SSSR count). The number of benzene rings is 3. The van der Waals surface area contributed by atoms with Crippen molar-refractivity contribution in [1.29, 1.82) is 0 Å². The van der Waals surface area contributed by atoms with E-state index in [0.29, 0.717) is 15.2 Å².